The van der Waals surface area contributed by atoms with Gasteiger partial charge in [-0.05, 0) is 31.9 Å². The van der Waals surface area contributed by atoms with Crippen LogP contribution in [0.4, 0.5) is 0 Å². The highest BCUT2D eigenvalue weighted by molar-refractivity contribution is 5.88. The first kappa shape index (κ1) is 14.6. The zero-order valence-corrected chi connectivity index (χ0v) is 11.6. The molecule has 1 amide bonds. The third kappa shape index (κ3) is 3.84. The Kier molecular flexibility index (Phi) is 5.17. The second-order valence-electron chi connectivity index (χ2n) is 4.70. The van der Waals surface area contributed by atoms with Gasteiger partial charge in [-0.1, -0.05) is 0 Å². The van der Waals surface area contributed by atoms with Crippen molar-refractivity contribution < 1.29 is 19.1 Å². The number of ether oxygens (including phenoxy) is 2. The van der Waals surface area contributed by atoms with E-state index < -0.39 is 5.97 Å². The van der Waals surface area contributed by atoms with Gasteiger partial charge in [-0.25, -0.2) is 4.79 Å². The van der Waals surface area contributed by atoms with E-state index in [-0.39, 0.29) is 18.5 Å². The summed E-state index contributed by atoms with van der Waals surface area (Å²) >= 11 is 0. The molecular formula is C14H20N2O4. The Balaban J connectivity index is 1.90. The molecule has 1 aromatic heterocycles. The van der Waals surface area contributed by atoms with Crippen LogP contribution in [-0.2, 0) is 20.8 Å². The second kappa shape index (κ2) is 7.09. The van der Waals surface area contributed by atoms with Gasteiger partial charge in [0.15, 0.2) is 0 Å². The summed E-state index contributed by atoms with van der Waals surface area (Å²) in [5, 5.41) is 2.96. The van der Waals surface area contributed by atoms with Gasteiger partial charge >= 0.3 is 5.97 Å². The predicted octanol–water partition coefficient (Wildman–Crippen LogP) is 0.960. The number of hydrogen-bond donors (Lipinski definition) is 1. The molecule has 0 aromatic carbocycles. The summed E-state index contributed by atoms with van der Waals surface area (Å²) < 4.78 is 11.8. The summed E-state index contributed by atoms with van der Waals surface area (Å²) in [4.78, 5) is 23.7. The molecule has 1 aromatic rings. The molecule has 1 aliphatic rings. The molecule has 0 aliphatic carbocycles. The molecule has 2 rings (SSSR count). The molecule has 0 saturated carbocycles. The monoisotopic (exact) mass is 280 g/mol. The summed E-state index contributed by atoms with van der Waals surface area (Å²) in [6, 6.07) is 3.55. The van der Waals surface area contributed by atoms with Crippen molar-refractivity contribution in [3.63, 3.8) is 0 Å². The van der Waals surface area contributed by atoms with E-state index in [0.29, 0.717) is 25.5 Å². The number of amides is 1. The van der Waals surface area contributed by atoms with Crippen molar-refractivity contribution >= 4 is 11.9 Å². The molecular weight excluding hydrogens is 260 g/mol. The van der Waals surface area contributed by atoms with Crippen LogP contribution < -0.4 is 5.32 Å². The minimum atomic E-state index is -0.406. The van der Waals surface area contributed by atoms with Crippen LogP contribution in [0.2, 0.25) is 0 Å². The molecule has 1 saturated heterocycles. The maximum atomic E-state index is 12.0. The Bertz CT molecular complexity index is 463. The maximum absolute atomic E-state index is 12.0. The molecule has 0 bridgehead atoms. The van der Waals surface area contributed by atoms with Crippen molar-refractivity contribution in [1.29, 1.82) is 0 Å². The fourth-order valence-corrected chi connectivity index (χ4v) is 2.21. The van der Waals surface area contributed by atoms with E-state index in [0.717, 1.165) is 12.8 Å². The molecule has 0 unspecified atom stereocenters. The SMILES string of the molecule is CCOC(=O)c1cccn1CC(=O)NC1CCOCC1. The first-order valence-corrected chi connectivity index (χ1v) is 6.90. The first-order chi connectivity index (χ1) is 9.70. The Morgan fingerprint density at radius 3 is 2.90 bits per heavy atom. The molecule has 1 fully saturated rings. The van der Waals surface area contributed by atoms with Crippen LogP contribution in [0.15, 0.2) is 18.3 Å². The zero-order valence-electron chi connectivity index (χ0n) is 11.6. The summed E-state index contributed by atoms with van der Waals surface area (Å²) in [6.45, 7) is 3.56. The molecule has 0 radical (unpaired) electrons. The fraction of sp³-hybridized carbons (Fsp3) is 0.571. The van der Waals surface area contributed by atoms with Crippen LogP contribution in [0.25, 0.3) is 0 Å². The van der Waals surface area contributed by atoms with Gasteiger partial charge in [0, 0.05) is 25.5 Å². The number of nitrogens with zero attached hydrogens (tertiary/aromatic N) is 1. The summed E-state index contributed by atoms with van der Waals surface area (Å²) in [6.07, 6.45) is 3.38. The molecule has 2 heterocycles. The lowest BCUT2D eigenvalue weighted by atomic mass is 10.1. The Morgan fingerprint density at radius 2 is 2.20 bits per heavy atom. The van der Waals surface area contributed by atoms with Gasteiger partial charge in [0.25, 0.3) is 0 Å². The Morgan fingerprint density at radius 1 is 1.45 bits per heavy atom. The third-order valence-electron chi connectivity index (χ3n) is 3.21. The molecule has 1 N–H and O–H groups in total. The Hall–Kier alpha value is -1.82. The van der Waals surface area contributed by atoms with E-state index in [9.17, 15) is 9.59 Å². The van der Waals surface area contributed by atoms with E-state index in [4.69, 9.17) is 9.47 Å². The topological polar surface area (TPSA) is 69.6 Å². The molecule has 110 valence electrons. The number of hydrogen-bond acceptors (Lipinski definition) is 4. The maximum Gasteiger partial charge on any atom is 0.354 e. The largest absolute Gasteiger partial charge is 0.461 e. The van der Waals surface area contributed by atoms with Crippen molar-refractivity contribution in [2.75, 3.05) is 19.8 Å². The first-order valence-electron chi connectivity index (χ1n) is 6.90. The molecule has 20 heavy (non-hydrogen) atoms. The lowest BCUT2D eigenvalue weighted by Gasteiger charge is -2.23. The van der Waals surface area contributed by atoms with E-state index in [1.54, 1.807) is 29.8 Å². The predicted molar refractivity (Wildman–Crippen MR) is 72.4 cm³/mol. The van der Waals surface area contributed by atoms with Crippen LogP contribution in [0, 0.1) is 0 Å². The smallest absolute Gasteiger partial charge is 0.354 e. The average molecular weight is 280 g/mol. The highest BCUT2D eigenvalue weighted by Crippen LogP contribution is 2.08. The van der Waals surface area contributed by atoms with E-state index in [2.05, 4.69) is 5.32 Å². The van der Waals surface area contributed by atoms with Crippen molar-refractivity contribution in [2.45, 2.75) is 32.4 Å². The standard InChI is InChI=1S/C14H20N2O4/c1-2-20-14(18)12-4-3-7-16(12)10-13(17)15-11-5-8-19-9-6-11/h3-4,7,11H,2,5-6,8-10H2,1H3,(H,15,17). The second-order valence-corrected chi connectivity index (χ2v) is 4.70. The summed E-state index contributed by atoms with van der Waals surface area (Å²) in [7, 11) is 0. The van der Waals surface area contributed by atoms with Gasteiger partial charge in [-0.3, -0.25) is 4.79 Å². The zero-order chi connectivity index (χ0) is 14.4. The molecule has 6 nitrogen and oxygen atoms in total. The van der Waals surface area contributed by atoms with Crippen LogP contribution in [-0.4, -0.2) is 42.3 Å². The summed E-state index contributed by atoms with van der Waals surface area (Å²) in [5.41, 5.74) is 0.397. The highest BCUT2D eigenvalue weighted by Gasteiger charge is 2.18. The number of carbonyl (C=O) groups excluding carboxylic acids is 2. The number of aromatic nitrogens is 1. The number of esters is 1. The van der Waals surface area contributed by atoms with Crippen molar-refractivity contribution in [2.24, 2.45) is 0 Å². The van der Waals surface area contributed by atoms with Gasteiger partial charge in [0.2, 0.25) is 5.91 Å². The normalized spacial score (nSPS) is 15.8. The fourth-order valence-electron chi connectivity index (χ4n) is 2.21. The van der Waals surface area contributed by atoms with Gasteiger partial charge in [-0.15, -0.1) is 0 Å². The van der Waals surface area contributed by atoms with Crippen LogP contribution in [0.1, 0.15) is 30.3 Å². The molecule has 0 atom stereocenters. The lowest BCUT2D eigenvalue weighted by molar-refractivity contribution is -0.123. The quantitative estimate of drug-likeness (QED) is 0.816. The summed E-state index contributed by atoms with van der Waals surface area (Å²) in [5.74, 6) is -0.505. The number of rotatable bonds is 5. The Labute approximate surface area is 118 Å². The highest BCUT2D eigenvalue weighted by atomic mass is 16.5. The third-order valence-corrected chi connectivity index (χ3v) is 3.21. The van der Waals surface area contributed by atoms with Crippen molar-refractivity contribution in [3.05, 3.63) is 24.0 Å². The van der Waals surface area contributed by atoms with Gasteiger partial charge in [0.1, 0.15) is 12.2 Å². The van der Waals surface area contributed by atoms with Gasteiger partial charge in [-0.2, -0.15) is 0 Å². The van der Waals surface area contributed by atoms with Gasteiger partial charge in [0.05, 0.1) is 6.61 Å². The average Bonchev–Trinajstić information content (AvgIpc) is 2.88. The van der Waals surface area contributed by atoms with E-state index in [1.165, 1.54) is 0 Å². The lowest BCUT2D eigenvalue weighted by Crippen LogP contribution is -2.40. The van der Waals surface area contributed by atoms with Gasteiger partial charge < -0.3 is 19.4 Å². The van der Waals surface area contributed by atoms with E-state index >= 15 is 0 Å². The molecule has 0 spiro atoms. The van der Waals surface area contributed by atoms with Crippen LogP contribution in [0.3, 0.4) is 0 Å². The minimum absolute atomic E-state index is 0.0985. The van der Waals surface area contributed by atoms with Crippen LogP contribution >= 0.6 is 0 Å². The number of carbonyl (C=O) groups is 2. The van der Waals surface area contributed by atoms with Crippen LogP contribution in [0.5, 0.6) is 0 Å². The minimum Gasteiger partial charge on any atom is -0.461 e. The van der Waals surface area contributed by atoms with E-state index in [1.807, 2.05) is 0 Å². The molecule has 1 aliphatic heterocycles. The number of nitrogens with one attached hydrogen (secondary N) is 1. The van der Waals surface area contributed by atoms with Crippen molar-refractivity contribution in [1.82, 2.24) is 9.88 Å². The molecule has 6 heteroatoms. The van der Waals surface area contributed by atoms with Crippen molar-refractivity contribution in [3.8, 4) is 0 Å².